The normalized spacial score (nSPS) is 10.6. The van der Waals surface area contributed by atoms with E-state index in [1.165, 1.54) is 6.07 Å². The molecule has 0 aliphatic rings. The molecule has 0 fully saturated rings. The predicted octanol–water partition coefficient (Wildman–Crippen LogP) is 4.62. The molecule has 110 valence electrons. The molecular weight excluding hydrogens is 329 g/mol. The molecule has 0 spiro atoms. The molecule has 8 heteroatoms. The Morgan fingerprint density at radius 1 is 1.09 bits per heavy atom. The van der Waals surface area contributed by atoms with Crippen molar-refractivity contribution in [1.82, 2.24) is 10.1 Å². The zero-order valence-electron chi connectivity index (χ0n) is 10.9. The zero-order valence-corrected chi connectivity index (χ0v) is 12.4. The average Bonchev–Trinajstić information content (AvgIpc) is 2.96. The summed E-state index contributed by atoms with van der Waals surface area (Å²) in [5.41, 5.74) is 0.663. The number of aromatic nitrogens is 2. The molecule has 1 aromatic heterocycles. The molecule has 0 radical (unpaired) electrons. The number of nitro benzene ring substituents is 1. The smallest absolute Gasteiger partial charge is 0.282 e. The molecule has 0 saturated heterocycles. The average molecular weight is 336 g/mol. The summed E-state index contributed by atoms with van der Waals surface area (Å²) in [4.78, 5) is 14.7. The van der Waals surface area contributed by atoms with Crippen LogP contribution in [0.2, 0.25) is 10.0 Å². The summed E-state index contributed by atoms with van der Waals surface area (Å²) in [6.07, 6.45) is 0. The molecule has 0 saturated carbocycles. The van der Waals surface area contributed by atoms with Gasteiger partial charge in [-0.3, -0.25) is 10.1 Å². The van der Waals surface area contributed by atoms with Crippen LogP contribution < -0.4 is 0 Å². The molecule has 0 aliphatic heterocycles. The van der Waals surface area contributed by atoms with Crippen molar-refractivity contribution in [3.8, 4) is 22.8 Å². The summed E-state index contributed by atoms with van der Waals surface area (Å²) in [7, 11) is 0. The van der Waals surface area contributed by atoms with E-state index >= 15 is 0 Å². The van der Waals surface area contributed by atoms with Gasteiger partial charge in [-0.05, 0) is 24.3 Å². The SMILES string of the molecule is O=[N+]([O-])c1ccccc1-c1nc(-c2ccc(Cl)cc2Cl)no1. The van der Waals surface area contributed by atoms with Crippen molar-refractivity contribution in [1.29, 1.82) is 0 Å². The van der Waals surface area contributed by atoms with Crippen molar-refractivity contribution in [3.05, 3.63) is 62.6 Å². The monoisotopic (exact) mass is 335 g/mol. The molecule has 0 bridgehead atoms. The molecule has 0 aliphatic carbocycles. The van der Waals surface area contributed by atoms with Crippen molar-refractivity contribution in [2.75, 3.05) is 0 Å². The Balaban J connectivity index is 2.07. The number of nitrogens with zero attached hydrogens (tertiary/aromatic N) is 3. The Bertz CT molecular complexity index is 864. The van der Waals surface area contributed by atoms with Crippen LogP contribution >= 0.6 is 23.2 Å². The zero-order chi connectivity index (χ0) is 15.7. The number of benzene rings is 2. The standard InChI is InChI=1S/C14H7Cl2N3O3/c15-8-5-6-9(11(16)7-8)13-17-14(22-18-13)10-3-1-2-4-12(10)19(20)21/h1-7H. The van der Waals surface area contributed by atoms with Crippen LogP contribution in [0.3, 0.4) is 0 Å². The fourth-order valence-corrected chi connectivity index (χ4v) is 2.42. The Kier molecular flexibility index (Phi) is 3.79. The van der Waals surface area contributed by atoms with Gasteiger partial charge in [-0.25, -0.2) is 0 Å². The van der Waals surface area contributed by atoms with E-state index in [1.807, 2.05) is 0 Å². The third-order valence-electron chi connectivity index (χ3n) is 2.93. The molecule has 0 N–H and O–H groups in total. The maximum absolute atomic E-state index is 11.0. The summed E-state index contributed by atoms with van der Waals surface area (Å²) in [5, 5.41) is 15.7. The molecule has 2 aromatic carbocycles. The molecule has 1 heterocycles. The molecule has 6 nitrogen and oxygen atoms in total. The first-order chi connectivity index (χ1) is 10.6. The molecule has 3 rings (SSSR count). The number of para-hydroxylation sites is 1. The van der Waals surface area contributed by atoms with Gasteiger partial charge in [0.05, 0.1) is 9.95 Å². The highest BCUT2D eigenvalue weighted by Crippen LogP contribution is 2.32. The first-order valence-electron chi connectivity index (χ1n) is 6.09. The summed E-state index contributed by atoms with van der Waals surface area (Å²) in [5.74, 6) is 0.281. The van der Waals surface area contributed by atoms with Gasteiger partial charge in [-0.1, -0.05) is 40.5 Å². The Labute approximate surface area is 134 Å². The van der Waals surface area contributed by atoms with Gasteiger partial charge in [0.2, 0.25) is 5.82 Å². The van der Waals surface area contributed by atoms with Gasteiger partial charge >= 0.3 is 0 Å². The fourth-order valence-electron chi connectivity index (χ4n) is 1.93. The minimum Gasteiger partial charge on any atom is -0.333 e. The van der Waals surface area contributed by atoms with Crippen LogP contribution in [-0.4, -0.2) is 15.1 Å². The molecule has 0 atom stereocenters. The van der Waals surface area contributed by atoms with Crippen LogP contribution in [0.5, 0.6) is 0 Å². The van der Waals surface area contributed by atoms with Crippen LogP contribution in [0.1, 0.15) is 0 Å². The Morgan fingerprint density at radius 2 is 1.86 bits per heavy atom. The molecule has 0 unspecified atom stereocenters. The van der Waals surface area contributed by atoms with Gasteiger partial charge in [0.25, 0.3) is 11.6 Å². The van der Waals surface area contributed by atoms with Gasteiger partial charge in [0.15, 0.2) is 0 Å². The maximum Gasteiger partial charge on any atom is 0.282 e. The van der Waals surface area contributed by atoms with Crippen molar-refractivity contribution in [2.45, 2.75) is 0 Å². The van der Waals surface area contributed by atoms with Crippen LogP contribution in [-0.2, 0) is 0 Å². The van der Waals surface area contributed by atoms with Gasteiger partial charge in [-0.2, -0.15) is 4.98 Å². The first-order valence-corrected chi connectivity index (χ1v) is 6.85. The minimum atomic E-state index is -0.505. The quantitative estimate of drug-likeness (QED) is 0.515. The third-order valence-corrected chi connectivity index (χ3v) is 3.48. The molecule has 0 amide bonds. The largest absolute Gasteiger partial charge is 0.333 e. The van der Waals surface area contributed by atoms with Crippen LogP contribution in [0.15, 0.2) is 47.0 Å². The fraction of sp³-hybridized carbons (Fsp3) is 0. The lowest BCUT2D eigenvalue weighted by Gasteiger charge is -1.98. The van der Waals surface area contributed by atoms with E-state index in [2.05, 4.69) is 10.1 Å². The van der Waals surface area contributed by atoms with E-state index in [1.54, 1.807) is 36.4 Å². The lowest BCUT2D eigenvalue weighted by atomic mass is 10.2. The number of hydrogen-bond acceptors (Lipinski definition) is 5. The number of halogens is 2. The van der Waals surface area contributed by atoms with Crippen molar-refractivity contribution >= 4 is 28.9 Å². The van der Waals surface area contributed by atoms with Crippen LogP contribution in [0.25, 0.3) is 22.8 Å². The summed E-state index contributed by atoms with van der Waals surface area (Å²) >= 11 is 11.9. The summed E-state index contributed by atoms with van der Waals surface area (Å²) in [6.45, 7) is 0. The minimum absolute atomic E-state index is 0.0494. The Hall–Kier alpha value is -2.44. The van der Waals surface area contributed by atoms with E-state index in [4.69, 9.17) is 27.7 Å². The molecule has 3 aromatic rings. The van der Waals surface area contributed by atoms with Crippen molar-refractivity contribution in [2.24, 2.45) is 0 Å². The van der Waals surface area contributed by atoms with E-state index in [0.29, 0.717) is 15.6 Å². The number of nitro groups is 1. The number of hydrogen-bond donors (Lipinski definition) is 0. The highest BCUT2D eigenvalue weighted by atomic mass is 35.5. The second-order valence-corrected chi connectivity index (χ2v) is 5.17. The first kappa shape index (κ1) is 14.5. The maximum atomic E-state index is 11.0. The molecular formula is C14H7Cl2N3O3. The van der Waals surface area contributed by atoms with Crippen LogP contribution in [0.4, 0.5) is 5.69 Å². The van der Waals surface area contributed by atoms with Crippen molar-refractivity contribution in [3.63, 3.8) is 0 Å². The van der Waals surface area contributed by atoms with Gasteiger partial charge in [0, 0.05) is 16.7 Å². The summed E-state index contributed by atoms with van der Waals surface area (Å²) in [6, 6.07) is 11.0. The Morgan fingerprint density at radius 3 is 2.59 bits per heavy atom. The predicted molar refractivity (Wildman–Crippen MR) is 81.8 cm³/mol. The van der Waals surface area contributed by atoms with E-state index in [-0.39, 0.29) is 23.0 Å². The highest BCUT2D eigenvalue weighted by molar-refractivity contribution is 6.36. The second-order valence-electron chi connectivity index (χ2n) is 4.32. The van der Waals surface area contributed by atoms with E-state index in [9.17, 15) is 10.1 Å². The highest BCUT2D eigenvalue weighted by Gasteiger charge is 2.20. The topological polar surface area (TPSA) is 82.1 Å². The summed E-state index contributed by atoms with van der Waals surface area (Å²) < 4.78 is 5.12. The van der Waals surface area contributed by atoms with Gasteiger partial charge < -0.3 is 4.52 Å². The van der Waals surface area contributed by atoms with Crippen LogP contribution in [0, 0.1) is 10.1 Å². The number of rotatable bonds is 3. The van der Waals surface area contributed by atoms with Crippen molar-refractivity contribution < 1.29 is 9.45 Å². The van der Waals surface area contributed by atoms with Gasteiger partial charge in [0.1, 0.15) is 5.56 Å². The lowest BCUT2D eigenvalue weighted by Crippen LogP contribution is -1.91. The second kappa shape index (κ2) is 5.75. The molecule has 22 heavy (non-hydrogen) atoms. The lowest BCUT2D eigenvalue weighted by molar-refractivity contribution is -0.384. The van der Waals surface area contributed by atoms with E-state index < -0.39 is 4.92 Å². The van der Waals surface area contributed by atoms with E-state index in [0.717, 1.165) is 0 Å². The third kappa shape index (κ3) is 2.66. The van der Waals surface area contributed by atoms with Gasteiger partial charge in [-0.15, -0.1) is 0 Å².